The van der Waals surface area contributed by atoms with Crippen molar-refractivity contribution in [1.82, 2.24) is 30.3 Å². The molecule has 2 aliphatic heterocycles. The summed E-state index contributed by atoms with van der Waals surface area (Å²) in [5.74, 6) is 3.26. The molecule has 3 rings (SSSR count). The van der Waals surface area contributed by atoms with Gasteiger partial charge in [-0.2, -0.15) is 0 Å². The monoisotopic (exact) mass is 531 g/mol. The zero-order chi connectivity index (χ0) is 20.5. The van der Waals surface area contributed by atoms with E-state index >= 15 is 0 Å². The molecule has 2 aliphatic rings. The summed E-state index contributed by atoms with van der Waals surface area (Å²) >= 11 is 0. The van der Waals surface area contributed by atoms with Crippen LogP contribution in [-0.2, 0) is 19.4 Å². The van der Waals surface area contributed by atoms with E-state index in [9.17, 15) is 0 Å². The van der Waals surface area contributed by atoms with Gasteiger partial charge < -0.3 is 15.2 Å². The van der Waals surface area contributed by atoms with Crippen molar-refractivity contribution >= 4 is 29.9 Å². The molecule has 0 radical (unpaired) electrons. The fourth-order valence-corrected chi connectivity index (χ4v) is 4.40. The highest BCUT2D eigenvalue weighted by Crippen LogP contribution is 2.20. The van der Waals surface area contributed by atoms with E-state index in [0.29, 0.717) is 0 Å². The molecular weight excluding hydrogens is 489 g/mol. The fourth-order valence-electron chi connectivity index (χ4n) is 4.40. The van der Waals surface area contributed by atoms with Crippen LogP contribution < -0.4 is 10.6 Å². The van der Waals surface area contributed by atoms with E-state index in [2.05, 4.69) is 51.1 Å². The Morgan fingerprint density at radius 2 is 1.73 bits per heavy atom. The van der Waals surface area contributed by atoms with E-state index in [1.807, 2.05) is 0 Å². The normalized spacial score (nSPS) is 18.3. The Bertz CT molecular complexity index is 650. The number of nitrogens with zero attached hydrogens (tertiary/aromatic N) is 5. The predicted molar refractivity (Wildman–Crippen MR) is 135 cm³/mol. The highest BCUT2D eigenvalue weighted by molar-refractivity contribution is 14.0. The molecule has 1 aromatic rings. The largest absolute Gasteiger partial charge is 0.357 e. The fraction of sp³-hybridized carbons (Fsp3) is 0.864. The molecule has 0 aromatic carbocycles. The molecule has 1 fully saturated rings. The summed E-state index contributed by atoms with van der Waals surface area (Å²) in [5.41, 5.74) is 0.113. The number of piperidine rings is 1. The molecule has 0 aliphatic carbocycles. The molecule has 0 atom stereocenters. The lowest BCUT2D eigenvalue weighted by atomic mass is 9.99. The summed E-state index contributed by atoms with van der Waals surface area (Å²) in [7, 11) is 0. The minimum Gasteiger partial charge on any atom is -0.357 e. The minimum absolute atomic E-state index is 0. The van der Waals surface area contributed by atoms with Crippen molar-refractivity contribution < 1.29 is 0 Å². The number of aryl methyl sites for hydroxylation is 2. The van der Waals surface area contributed by atoms with Crippen molar-refractivity contribution in [2.45, 2.75) is 90.6 Å². The zero-order valence-corrected chi connectivity index (χ0v) is 21.6. The second-order valence-corrected chi connectivity index (χ2v) is 9.08. The molecule has 1 saturated heterocycles. The van der Waals surface area contributed by atoms with Crippen molar-refractivity contribution in [3.05, 3.63) is 11.6 Å². The summed E-state index contributed by atoms with van der Waals surface area (Å²) in [6.07, 6.45) is 10.9. The third kappa shape index (κ3) is 7.35. The van der Waals surface area contributed by atoms with Gasteiger partial charge in [-0.1, -0.05) is 12.8 Å². The van der Waals surface area contributed by atoms with E-state index in [-0.39, 0.29) is 29.5 Å². The lowest BCUT2D eigenvalue weighted by Crippen LogP contribution is -2.49. The van der Waals surface area contributed by atoms with Crippen molar-refractivity contribution in [2.24, 2.45) is 4.99 Å². The van der Waals surface area contributed by atoms with Gasteiger partial charge >= 0.3 is 0 Å². The van der Waals surface area contributed by atoms with Crippen LogP contribution >= 0.6 is 24.0 Å². The van der Waals surface area contributed by atoms with Crippen LogP contribution in [0.2, 0.25) is 0 Å². The molecule has 0 saturated carbocycles. The highest BCUT2D eigenvalue weighted by atomic mass is 127. The van der Waals surface area contributed by atoms with Crippen LogP contribution in [0.1, 0.15) is 77.4 Å². The standard InChI is InChI=1S/C22H41N7.HI/c1-4-23-21(25-18-22(2,3)28-15-8-6-9-16-28)24-14-11-13-20-27-26-19-12-7-5-10-17-29(19)20;/h4-18H2,1-3H3,(H2,23,24,25);1H. The zero-order valence-electron chi connectivity index (χ0n) is 19.3. The molecule has 0 bridgehead atoms. The van der Waals surface area contributed by atoms with Gasteiger partial charge in [-0.25, -0.2) is 0 Å². The van der Waals surface area contributed by atoms with Crippen LogP contribution in [0.4, 0.5) is 0 Å². The second-order valence-electron chi connectivity index (χ2n) is 9.08. The van der Waals surface area contributed by atoms with E-state index in [1.165, 1.54) is 57.4 Å². The smallest absolute Gasteiger partial charge is 0.191 e. The lowest BCUT2D eigenvalue weighted by Gasteiger charge is -2.40. The van der Waals surface area contributed by atoms with Crippen LogP contribution in [0.5, 0.6) is 0 Å². The number of hydrogen-bond donors (Lipinski definition) is 2. The molecule has 3 heterocycles. The summed E-state index contributed by atoms with van der Waals surface area (Å²) < 4.78 is 2.35. The van der Waals surface area contributed by atoms with Crippen LogP contribution in [0.15, 0.2) is 4.99 Å². The molecular formula is C22H42IN7. The SMILES string of the molecule is CCNC(=NCC(C)(C)N1CCCCC1)NCCCc1nnc2n1CCCCC2.I. The first-order valence-electron chi connectivity index (χ1n) is 11.8. The Morgan fingerprint density at radius 3 is 2.50 bits per heavy atom. The maximum Gasteiger partial charge on any atom is 0.191 e. The van der Waals surface area contributed by atoms with Gasteiger partial charge in [-0.15, -0.1) is 34.2 Å². The first-order valence-corrected chi connectivity index (χ1v) is 11.8. The molecule has 7 nitrogen and oxygen atoms in total. The molecule has 1 aromatic heterocycles. The van der Waals surface area contributed by atoms with Gasteiger partial charge in [0.2, 0.25) is 0 Å². The number of likely N-dealkylation sites (tertiary alicyclic amines) is 1. The van der Waals surface area contributed by atoms with Gasteiger partial charge in [0.05, 0.1) is 6.54 Å². The minimum atomic E-state index is 0. The van der Waals surface area contributed by atoms with Crippen molar-refractivity contribution in [2.75, 3.05) is 32.7 Å². The molecule has 2 N–H and O–H groups in total. The Balaban J connectivity index is 0.00000320. The van der Waals surface area contributed by atoms with E-state index < -0.39 is 0 Å². The second kappa shape index (κ2) is 12.8. The Hall–Kier alpha value is -0.900. The van der Waals surface area contributed by atoms with Crippen LogP contribution in [0.25, 0.3) is 0 Å². The van der Waals surface area contributed by atoms with Crippen molar-refractivity contribution in [3.8, 4) is 0 Å². The number of aromatic nitrogens is 3. The first kappa shape index (κ1) is 25.4. The van der Waals surface area contributed by atoms with Gasteiger partial charge in [0, 0.05) is 38.0 Å². The van der Waals surface area contributed by atoms with Crippen LogP contribution in [0, 0.1) is 0 Å². The maximum atomic E-state index is 4.90. The number of guanidine groups is 1. The summed E-state index contributed by atoms with van der Waals surface area (Å²) in [6.45, 7) is 12.9. The molecule has 0 unspecified atom stereocenters. The number of rotatable bonds is 8. The topological polar surface area (TPSA) is 70.4 Å². The van der Waals surface area contributed by atoms with Gasteiger partial charge in [-0.3, -0.25) is 9.89 Å². The quantitative estimate of drug-likeness (QED) is 0.233. The van der Waals surface area contributed by atoms with Gasteiger partial charge in [0.15, 0.2) is 5.96 Å². The Kier molecular flexibility index (Phi) is 10.8. The summed E-state index contributed by atoms with van der Waals surface area (Å²) in [4.78, 5) is 7.49. The van der Waals surface area contributed by atoms with Crippen molar-refractivity contribution in [1.29, 1.82) is 0 Å². The molecule has 30 heavy (non-hydrogen) atoms. The third-order valence-corrected chi connectivity index (χ3v) is 6.24. The molecule has 0 amide bonds. The average molecular weight is 532 g/mol. The Labute approximate surface area is 199 Å². The number of hydrogen-bond acceptors (Lipinski definition) is 4. The van der Waals surface area contributed by atoms with Gasteiger partial charge in [0.25, 0.3) is 0 Å². The average Bonchev–Trinajstić information content (AvgIpc) is 2.95. The molecule has 8 heteroatoms. The lowest BCUT2D eigenvalue weighted by molar-refractivity contribution is 0.102. The number of aliphatic imine (C=N–C) groups is 1. The Morgan fingerprint density at radius 1 is 1.00 bits per heavy atom. The summed E-state index contributed by atoms with van der Waals surface area (Å²) in [6, 6.07) is 0. The van der Waals surface area contributed by atoms with E-state index in [1.54, 1.807) is 0 Å². The predicted octanol–water partition coefficient (Wildman–Crippen LogP) is 3.37. The summed E-state index contributed by atoms with van der Waals surface area (Å²) in [5, 5.41) is 15.8. The van der Waals surface area contributed by atoms with E-state index in [0.717, 1.165) is 57.2 Å². The number of halogens is 1. The van der Waals surface area contributed by atoms with Crippen molar-refractivity contribution in [3.63, 3.8) is 0 Å². The third-order valence-electron chi connectivity index (χ3n) is 6.24. The van der Waals surface area contributed by atoms with Gasteiger partial charge in [-0.05, 0) is 66.0 Å². The number of nitrogens with one attached hydrogen (secondary N) is 2. The van der Waals surface area contributed by atoms with Gasteiger partial charge in [0.1, 0.15) is 11.6 Å². The number of fused-ring (bicyclic) bond motifs is 1. The van der Waals surface area contributed by atoms with Crippen LogP contribution in [0.3, 0.4) is 0 Å². The molecule has 172 valence electrons. The highest BCUT2D eigenvalue weighted by Gasteiger charge is 2.27. The first-order chi connectivity index (χ1) is 14.1. The molecule has 0 spiro atoms. The van der Waals surface area contributed by atoms with E-state index in [4.69, 9.17) is 4.99 Å². The maximum absolute atomic E-state index is 4.90. The van der Waals surface area contributed by atoms with Crippen LogP contribution in [-0.4, -0.2) is 63.9 Å².